The highest BCUT2D eigenvalue weighted by atomic mass is 33.3. The summed E-state index contributed by atoms with van der Waals surface area (Å²) in [5.74, 6) is 0.981. The molecule has 0 aromatic carbocycles. The lowest BCUT2D eigenvalue weighted by molar-refractivity contribution is 0.0877. The number of anilines is 4. The van der Waals surface area contributed by atoms with Gasteiger partial charge in [-0.1, -0.05) is 25.1 Å². The van der Waals surface area contributed by atoms with Crippen LogP contribution in [0, 0.1) is 0 Å². The molecular formula is C32H34N10O3P2S6. The molecule has 1 amide bonds. The third kappa shape index (κ3) is 9.00. The largest absolute Gasteiger partial charge is 0.352 e. The van der Waals surface area contributed by atoms with E-state index in [0.717, 1.165) is 70.5 Å². The molecule has 4 aliphatic rings. The van der Waals surface area contributed by atoms with Crippen molar-refractivity contribution in [1.29, 1.82) is 0 Å². The quantitative estimate of drug-likeness (QED) is 0.143. The summed E-state index contributed by atoms with van der Waals surface area (Å²) in [6.07, 6.45) is 16.1. The number of nitrogens with zero attached hydrogens (tertiary/aromatic N) is 6. The number of pyridine rings is 2. The molecule has 0 unspecified atom stereocenters. The van der Waals surface area contributed by atoms with Crippen LogP contribution < -0.4 is 32.4 Å². The number of hydrogen-bond donors (Lipinski definition) is 4. The molecule has 4 N–H and O–H groups in total. The van der Waals surface area contributed by atoms with Crippen molar-refractivity contribution in [2.75, 3.05) is 10.6 Å². The van der Waals surface area contributed by atoms with Crippen LogP contribution in [-0.4, -0.2) is 40.0 Å². The van der Waals surface area contributed by atoms with Gasteiger partial charge >= 0.3 is 0 Å². The van der Waals surface area contributed by atoms with Gasteiger partial charge in [0.2, 0.25) is 0 Å². The van der Waals surface area contributed by atoms with Gasteiger partial charge in [-0.3, -0.25) is 23.5 Å². The second kappa shape index (κ2) is 18.4. The third-order valence-electron chi connectivity index (χ3n) is 9.35. The topological polar surface area (TPSA) is 161 Å². The Labute approximate surface area is 332 Å². The third-order valence-corrected chi connectivity index (χ3v) is 19.7. The number of aromatic nitrogens is 6. The summed E-state index contributed by atoms with van der Waals surface area (Å²) in [5, 5.41) is 12.5. The van der Waals surface area contributed by atoms with Gasteiger partial charge < -0.3 is 21.3 Å². The summed E-state index contributed by atoms with van der Waals surface area (Å²) >= 11 is 14.7. The van der Waals surface area contributed by atoms with E-state index in [9.17, 15) is 14.4 Å². The van der Waals surface area contributed by atoms with Gasteiger partial charge in [0.15, 0.2) is 0 Å². The standard InChI is InChI=1S/C16H17N5O2.C16H17N5OS.P2S5/c22-14-12-5-4-11(19-13-6-9-17-10-18-13)15(23)21(12)16(20-14)7-2-1-3-8-16;22-15-11(19-13-6-9-17-10-18-13)4-5-12-14(23)20-16(21(12)15)7-2-1-3-8-16;3-1-2-5-7-6-4/h4-6,9-10H,1-3,7-8H2,(H,20,22)(H,17,18,19);4-6,9-10H,1-3,7-8H2,(H,20,23)(H,17,18,19);. The molecule has 0 saturated heterocycles. The molecule has 8 rings (SSSR count). The first-order chi connectivity index (χ1) is 25.8. The molecule has 0 atom stereocenters. The molecule has 53 heavy (non-hydrogen) atoms. The van der Waals surface area contributed by atoms with E-state index in [1.165, 1.54) is 35.0 Å². The lowest BCUT2D eigenvalue weighted by Crippen LogP contribution is -2.48. The number of carbonyl (C=O) groups is 1. The summed E-state index contributed by atoms with van der Waals surface area (Å²) in [7, 11) is 6.83. The monoisotopic (exact) mass is 860 g/mol. The fourth-order valence-corrected chi connectivity index (χ4v) is 17.1. The molecule has 2 spiro atoms. The maximum atomic E-state index is 13.0. The van der Waals surface area contributed by atoms with E-state index in [4.69, 9.17) is 12.2 Å². The lowest BCUT2D eigenvalue weighted by Gasteiger charge is -2.35. The molecule has 13 nitrogen and oxygen atoms in total. The minimum absolute atomic E-state index is 0.0598. The number of fused-ring (bicyclic) bond motifs is 4. The Morgan fingerprint density at radius 3 is 1.72 bits per heavy atom. The molecule has 2 aliphatic heterocycles. The van der Waals surface area contributed by atoms with Crippen LogP contribution in [0.25, 0.3) is 0 Å². The first-order valence-electron chi connectivity index (χ1n) is 16.7. The molecular weight excluding hydrogens is 827 g/mol. The summed E-state index contributed by atoms with van der Waals surface area (Å²) in [6, 6.07) is 10.4. The van der Waals surface area contributed by atoms with Crippen LogP contribution in [0.15, 0.2) is 71.0 Å². The first kappa shape index (κ1) is 39.4. The van der Waals surface area contributed by atoms with Crippen molar-refractivity contribution in [3.63, 3.8) is 0 Å². The van der Waals surface area contributed by atoms with Crippen molar-refractivity contribution in [2.45, 2.75) is 75.5 Å². The average molecular weight is 861 g/mol. The van der Waals surface area contributed by atoms with Crippen LogP contribution >= 0.6 is 26.3 Å². The molecule has 2 aliphatic carbocycles. The Morgan fingerprint density at radius 2 is 1.23 bits per heavy atom. The normalized spacial score (nSPS) is 17.2. The highest BCUT2D eigenvalue weighted by Crippen LogP contribution is 2.38. The summed E-state index contributed by atoms with van der Waals surface area (Å²) in [4.78, 5) is 54.8. The summed E-state index contributed by atoms with van der Waals surface area (Å²) in [6.45, 7) is 0. The lowest BCUT2D eigenvalue weighted by atomic mass is 9.89. The van der Waals surface area contributed by atoms with E-state index in [-0.39, 0.29) is 22.7 Å². The predicted molar refractivity (Wildman–Crippen MR) is 227 cm³/mol. The highest BCUT2D eigenvalue weighted by molar-refractivity contribution is 8.63. The van der Waals surface area contributed by atoms with Crippen LogP contribution in [-0.2, 0) is 61.6 Å². The smallest absolute Gasteiger partial charge is 0.276 e. The Hall–Kier alpha value is -3.28. The second-order valence-electron chi connectivity index (χ2n) is 12.5. The Bertz CT molecular complexity index is 2130. The van der Waals surface area contributed by atoms with Crippen molar-refractivity contribution < 1.29 is 4.79 Å². The molecule has 2 fully saturated rings. The zero-order valence-corrected chi connectivity index (χ0v) is 34.8. The number of amides is 1. The highest BCUT2D eigenvalue weighted by Gasteiger charge is 2.45. The van der Waals surface area contributed by atoms with Crippen molar-refractivity contribution in [1.82, 2.24) is 39.7 Å². The van der Waals surface area contributed by atoms with E-state index < -0.39 is 5.66 Å². The van der Waals surface area contributed by atoms with Gasteiger partial charge in [0, 0.05) is 26.5 Å². The van der Waals surface area contributed by atoms with Crippen LogP contribution in [0.4, 0.5) is 23.0 Å². The summed E-state index contributed by atoms with van der Waals surface area (Å²) in [5.41, 5.74) is 0.982. The predicted octanol–water partition coefficient (Wildman–Crippen LogP) is 5.73. The zero-order valence-electron chi connectivity index (χ0n) is 28.1. The number of carbonyl (C=O) groups excluding carboxylic acids is 1. The molecule has 21 heteroatoms. The van der Waals surface area contributed by atoms with Crippen LogP contribution in [0.2, 0.25) is 0 Å². The molecule has 4 aromatic heterocycles. The van der Waals surface area contributed by atoms with E-state index in [2.05, 4.69) is 64.2 Å². The molecule has 6 heterocycles. The second-order valence-corrected chi connectivity index (χ2v) is 22.6. The average Bonchev–Trinajstić information content (AvgIpc) is 3.61. The zero-order chi connectivity index (χ0) is 37.3. The number of hydrogen-bond acceptors (Lipinski definition) is 12. The first-order valence-corrected chi connectivity index (χ1v) is 25.6. The van der Waals surface area contributed by atoms with Crippen molar-refractivity contribution in [3.05, 3.63) is 93.5 Å². The van der Waals surface area contributed by atoms with Crippen LogP contribution in [0.3, 0.4) is 0 Å². The Balaban J connectivity index is 0.000000154. The Kier molecular flexibility index (Phi) is 13.7. The van der Waals surface area contributed by atoms with Crippen molar-refractivity contribution in [2.24, 2.45) is 0 Å². The van der Waals surface area contributed by atoms with E-state index in [1.807, 2.05) is 10.6 Å². The maximum Gasteiger partial charge on any atom is 0.276 e. The van der Waals surface area contributed by atoms with Gasteiger partial charge in [-0.25, -0.2) is 19.9 Å². The molecule has 0 bridgehead atoms. The van der Waals surface area contributed by atoms with E-state index >= 15 is 0 Å². The Morgan fingerprint density at radius 1 is 0.717 bits per heavy atom. The van der Waals surface area contributed by atoms with Gasteiger partial charge in [0.1, 0.15) is 57.7 Å². The molecule has 2 saturated carbocycles. The number of thiocarbonyl (C=S) groups is 1. The van der Waals surface area contributed by atoms with Gasteiger partial charge in [0.05, 0.1) is 5.69 Å². The van der Waals surface area contributed by atoms with Crippen molar-refractivity contribution >= 4 is 110 Å². The fraction of sp³-hybridized carbons (Fsp3) is 0.375. The SMILES string of the molecule is O=C1NC2(CCCCC2)n2c1ccc(Nc1ccncn1)c2=O.O=c1c(Nc2ccncn2)ccc2n1C1(CCCCC1)NC2=S.S=PP=S=S=S=S. The molecule has 4 aromatic rings. The minimum Gasteiger partial charge on any atom is -0.352 e. The molecule has 0 radical (unpaired) electrons. The maximum absolute atomic E-state index is 13.0. The summed E-state index contributed by atoms with van der Waals surface area (Å²) < 4.78 is 3.48. The van der Waals surface area contributed by atoms with Crippen molar-refractivity contribution in [3.8, 4) is 0 Å². The number of rotatable bonds is 5. The van der Waals surface area contributed by atoms with Gasteiger partial charge in [-0.15, -0.1) is 0 Å². The van der Waals surface area contributed by atoms with Crippen LogP contribution in [0.1, 0.15) is 80.4 Å². The molecule has 276 valence electrons. The fourth-order valence-electron chi connectivity index (χ4n) is 7.15. The minimum atomic E-state index is -0.564. The van der Waals surface area contributed by atoms with E-state index in [1.54, 1.807) is 65.7 Å². The van der Waals surface area contributed by atoms with Gasteiger partial charge in [-0.2, -0.15) is 0 Å². The van der Waals surface area contributed by atoms with Gasteiger partial charge in [0.25, 0.3) is 17.0 Å². The van der Waals surface area contributed by atoms with E-state index in [0.29, 0.717) is 33.7 Å². The van der Waals surface area contributed by atoms with Gasteiger partial charge in [-0.05, 0) is 138 Å². The number of nitrogens with one attached hydrogen (secondary N) is 4. The van der Waals surface area contributed by atoms with Crippen LogP contribution in [0.5, 0.6) is 0 Å².